The molecular formula is C18H32O15. The summed E-state index contributed by atoms with van der Waals surface area (Å²) in [6, 6.07) is 0. The number of ether oxygens (including phenoxy) is 5. The number of aliphatic hydroxyl groups excluding tert-OH is 10. The van der Waals surface area contributed by atoms with Crippen LogP contribution in [0.15, 0.2) is 0 Å². The minimum atomic E-state index is -1.83. The number of hydrogen-bond donors (Lipinski definition) is 10. The summed E-state index contributed by atoms with van der Waals surface area (Å²) in [6.45, 7) is -0.128. The highest BCUT2D eigenvalue weighted by Gasteiger charge is 2.53. The third kappa shape index (κ3) is 5.32. The average Bonchev–Trinajstić information content (AvgIpc) is 2.80. The maximum absolute atomic E-state index is 10.6. The predicted molar refractivity (Wildman–Crippen MR) is 99.8 cm³/mol. The van der Waals surface area contributed by atoms with Crippen molar-refractivity contribution in [3.05, 3.63) is 0 Å². The SMILES string of the molecule is C[C@H]1O[C@H](O[C@H]2[C@H](O[C@H]3[C@H](O)[C@@H](O)C(O)O[C@@H]3CO)O[C@H](CO)[C@@H](O)[C@@H]2O)[C@H](O)[C@@H](O)[C@H]1O. The number of rotatable bonds is 6. The van der Waals surface area contributed by atoms with Crippen molar-refractivity contribution in [1.29, 1.82) is 0 Å². The Morgan fingerprint density at radius 1 is 0.545 bits per heavy atom. The molecule has 3 saturated heterocycles. The molecular weight excluding hydrogens is 456 g/mol. The molecule has 0 aromatic carbocycles. The fourth-order valence-electron chi connectivity index (χ4n) is 3.98. The van der Waals surface area contributed by atoms with E-state index in [-0.39, 0.29) is 0 Å². The lowest BCUT2D eigenvalue weighted by molar-refractivity contribution is -0.385. The van der Waals surface area contributed by atoms with Crippen LogP contribution in [0.5, 0.6) is 0 Å². The van der Waals surface area contributed by atoms with E-state index >= 15 is 0 Å². The molecule has 3 aliphatic rings. The van der Waals surface area contributed by atoms with Gasteiger partial charge in [-0.05, 0) is 6.92 Å². The summed E-state index contributed by atoms with van der Waals surface area (Å²) in [4.78, 5) is 0. The first kappa shape index (κ1) is 27.0. The Morgan fingerprint density at radius 2 is 1.12 bits per heavy atom. The molecule has 15 nitrogen and oxygen atoms in total. The molecule has 15 heteroatoms. The fourth-order valence-corrected chi connectivity index (χ4v) is 3.98. The van der Waals surface area contributed by atoms with Gasteiger partial charge in [0.2, 0.25) is 0 Å². The average molecular weight is 488 g/mol. The smallest absolute Gasteiger partial charge is 0.187 e. The summed E-state index contributed by atoms with van der Waals surface area (Å²) in [5.74, 6) is 0. The van der Waals surface area contributed by atoms with Gasteiger partial charge in [0.15, 0.2) is 18.9 Å². The molecule has 0 bridgehead atoms. The quantitative estimate of drug-likeness (QED) is 0.167. The van der Waals surface area contributed by atoms with E-state index in [2.05, 4.69) is 0 Å². The molecule has 3 heterocycles. The molecule has 1 unspecified atom stereocenters. The molecule has 15 atom stereocenters. The molecule has 194 valence electrons. The lowest BCUT2D eigenvalue weighted by Crippen LogP contribution is -2.66. The molecule has 0 aromatic rings. The number of hydrogen-bond acceptors (Lipinski definition) is 15. The molecule has 0 spiro atoms. The Hall–Kier alpha value is -0.600. The maximum Gasteiger partial charge on any atom is 0.187 e. The van der Waals surface area contributed by atoms with Crippen molar-refractivity contribution < 1.29 is 74.7 Å². The topological polar surface area (TPSA) is 248 Å². The van der Waals surface area contributed by atoms with Gasteiger partial charge in [-0.25, -0.2) is 0 Å². The van der Waals surface area contributed by atoms with Crippen molar-refractivity contribution in [2.24, 2.45) is 0 Å². The van der Waals surface area contributed by atoms with Crippen molar-refractivity contribution in [2.45, 2.75) is 99.0 Å². The van der Waals surface area contributed by atoms with Crippen molar-refractivity contribution >= 4 is 0 Å². The highest BCUT2D eigenvalue weighted by atomic mass is 16.8. The summed E-state index contributed by atoms with van der Waals surface area (Å²) < 4.78 is 26.9. The fraction of sp³-hybridized carbons (Fsp3) is 1.00. The number of aliphatic hydroxyl groups is 10. The van der Waals surface area contributed by atoms with E-state index in [1.165, 1.54) is 6.92 Å². The van der Waals surface area contributed by atoms with E-state index in [0.29, 0.717) is 0 Å². The van der Waals surface area contributed by atoms with Crippen LogP contribution in [0.2, 0.25) is 0 Å². The standard InChI is InChI=1S/C18H32O15/c1-4-7(21)9(23)13(27)17(29-4)33-15-10(24)8(22)5(2-19)31-18(15)32-14-6(3-20)30-16(28)12(26)11(14)25/h4-28H,2-3H2,1H3/t4-,5-,6-,7+,8-,9+,10+,11-,12-,13-,14-,15-,16?,17-,18+/m1/s1. The van der Waals surface area contributed by atoms with Crippen LogP contribution in [0.25, 0.3) is 0 Å². The van der Waals surface area contributed by atoms with E-state index in [0.717, 1.165) is 0 Å². The van der Waals surface area contributed by atoms with Crippen LogP contribution >= 0.6 is 0 Å². The summed E-state index contributed by atoms with van der Waals surface area (Å²) in [7, 11) is 0. The van der Waals surface area contributed by atoms with Gasteiger partial charge in [-0.3, -0.25) is 0 Å². The summed E-state index contributed by atoms with van der Waals surface area (Å²) in [6.07, 6.45) is -24.1. The predicted octanol–water partition coefficient (Wildman–Crippen LogP) is -6.55. The van der Waals surface area contributed by atoms with Crippen LogP contribution < -0.4 is 0 Å². The molecule has 0 saturated carbocycles. The Balaban J connectivity index is 1.83. The first-order valence-electron chi connectivity index (χ1n) is 10.4. The third-order valence-corrected chi connectivity index (χ3v) is 6.05. The Kier molecular flexibility index (Phi) is 8.99. The minimum absolute atomic E-state index is 0.760. The van der Waals surface area contributed by atoms with Gasteiger partial charge in [0.25, 0.3) is 0 Å². The molecule has 3 aliphatic heterocycles. The largest absolute Gasteiger partial charge is 0.394 e. The molecule has 3 fully saturated rings. The zero-order valence-corrected chi connectivity index (χ0v) is 17.6. The second kappa shape index (κ2) is 11.0. The van der Waals surface area contributed by atoms with Gasteiger partial charge in [-0.1, -0.05) is 0 Å². The zero-order chi connectivity index (χ0) is 24.6. The van der Waals surface area contributed by atoms with Gasteiger partial charge >= 0.3 is 0 Å². The lowest BCUT2D eigenvalue weighted by Gasteiger charge is -2.48. The molecule has 33 heavy (non-hydrogen) atoms. The van der Waals surface area contributed by atoms with Crippen molar-refractivity contribution in [2.75, 3.05) is 13.2 Å². The molecule has 0 aromatic heterocycles. The van der Waals surface area contributed by atoms with E-state index in [9.17, 15) is 51.1 Å². The Bertz CT molecular complexity index is 624. The third-order valence-electron chi connectivity index (χ3n) is 6.05. The van der Waals surface area contributed by atoms with Crippen molar-refractivity contribution in [3.63, 3.8) is 0 Å². The van der Waals surface area contributed by atoms with Gasteiger partial charge in [-0.2, -0.15) is 0 Å². The van der Waals surface area contributed by atoms with E-state index < -0.39 is 105 Å². The van der Waals surface area contributed by atoms with Crippen LogP contribution in [0.4, 0.5) is 0 Å². The van der Waals surface area contributed by atoms with Crippen LogP contribution in [0.3, 0.4) is 0 Å². The Labute approximate surface area is 187 Å². The van der Waals surface area contributed by atoms with Crippen LogP contribution in [0, 0.1) is 0 Å². The monoisotopic (exact) mass is 488 g/mol. The van der Waals surface area contributed by atoms with Gasteiger partial charge in [-0.15, -0.1) is 0 Å². The molecule has 0 aliphatic carbocycles. The first-order valence-corrected chi connectivity index (χ1v) is 10.4. The summed E-state index contributed by atoms with van der Waals surface area (Å²) in [5.41, 5.74) is 0. The summed E-state index contributed by atoms with van der Waals surface area (Å²) in [5, 5.41) is 99.8. The second-order valence-corrected chi connectivity index (χ2v) is 8.32. The molecule has 0 radical (unpaired) electrons. The van der Waals surface area contributed by atoms with Crippen molar-refractivity contribution in [3.8, 4) is 0 Å². The van der Waals surface area contributed by atoms with Gasteiger partial charge in [0, 0.05) is 0 Å². The second-order valence-electron chi connectivity index (χ2n) is 8.32. The normalized spacial score (nSPS) is 53.7. The van der Waals surface area contributed by atoms with Crippen molar-refractivity contribution in [1.82, 2.24) is 0 Å². The van der Waals surface area contributed by atoms with Gasteiger partial charge < -0.3 is 74.7 Å². The lowest BCUT2D eigenvalue weighted by atomic mass is 9.96. The molecule has 0 amide bonds. The van der Waals surface area contributed by atoms with Gasteiger partial charge in [0.05, 0.1) is 19.3 Å². The van der Waals surface area contributed by atoms with Crippen LogP contribution in [-0.2, 0) is 23.7 Å². The van der Waals surface area contributed by atoms with E-state index in [1.807, 2.05) is 0 Å². The minimum Gasteiger partial charge on any atom is -0.394 e. The van der Waals surface area contributed by atoms with Gasteiger partial charge in [0.1, 0.15) is 67.1 Å². The van der Waals surface area contributed by atoms with Crippen LogP contribution in [0.1, 0.15) is 6.92 Å². The highest BCUT2D eigenvalue weighted by molar-refractivity contribution is 4.95. The highest BCUT2D eigenvalue weighted by Crippen LogP contribution is 2.32. The Morgan fingerprint density at radius 3 is 1.73 bits per heavy atom. The first-order chi connectivity index (χ1) is 15.5. The maximum atomic E-state index is 10.6. The van der Waals surface area contributed by atoms with E-state index in [1.54, 1.807) is 0 Å². The molecule has 3 rings (SSSR count). The van der Waals surface area contributed by atoms with E-state index in [4.69, 9.17) is 23.7 Å². The summed E-state index contributed by atoms with van der Waals surface area (Å²) >= 11 is 0. The van der Waals surface area contributed by atoms with Crippen LogP contribution in [-0.4, -0.2) is 156 Å². The molecule has 10 N–H and O–H groups in total. The zero-order valence-electron chi connectivity index (χ0n) is 17.6.